The molecule has 0 unspecified atom stereocenters. The number of carbonyl (C=O) groups excluding carboxylic acids is 2. The summed E-state index contributed by atoms with van der Waals surface area (Å²) in [6, 6.07) is 6.39. The molecule has 1 aromatic carbocycles. The Morgan fingerprint density at radius 3 is 2.28 bits per heavy atom. The summed E-state index contributed by atoms with van der Waals surface area (Å²) in [4.78, 5) is 29.6. The molecule has 32 heavy (non-hydrogen) atoms. The van der Waals surface area contributed by atoms with Crippen LogP contribution in [0.3, 0.4) is 0 Å². The fourth-order valence-electron chi connectivity index (χ4n) is 3.98. The molecule has 2 heterocycles. The van der Waals surface area contributed by atoms with E-state index in [1.807, 2.05) is 13.8 Å². The van der Waals surface area contributed by atoms with Gasteiger partial charge < -0.3 is 9.64 Å². The minimum Gasteiger partial charge on any atom is -0.454 e. The molecule has 1 aliphatic heterocycles. The molecule has 7 nitrogen and oxygen atoms in total. The zero-order valence-corrected chi connectivity index (χ0v) is 20.6. The Kier molecular flexibility index (Phi) is 7.74. The summed E-state index contributed by atoms with van der Waals surface area (Å²) in [6.45, 7) is 9.18. The molecule has 1 aromatic heterocycles. The van der Waals surface area contributed by atoms with Gasteiger partial charge in [0, 0.05) is 41.5 Å². The van der Waals surface area contributed by atoms with Gasteiger partial charge in [0.1, 0.15) is 0 Å². The quantitative estimate of drug-likeness (QED) is 0.400. The number of thiophene rings is 1. The standard InChI is InChI=1S/C23H30N2O5S2/c1-5-25(6-2)32(28,29)18-9-10-21(24-11-7-8-12-24)20(14-18)23(27)30-15-22(26)19-13-16(3)31-17(19)4/h9-10,13-14H,5-8,11-12,15H2,1-4H3. The number of Topliss-reactive ketones (excluding diaryl/α,β-unsaturated/α-hetero) is 1. The molecule has 0 radical (unpaired) electrons. The van der Waals surface area contributed by atoms with E-state index in [1.165, 1.54) is 21.7 Å². The van der Waals surface area contributed by atoms with Crippen LogP contribution < -0.4 is 4.90 Å². The van der Waals surface area contributed by atoms with Crippen molar-refractivity contribution in [3.63, 3.8) is 0 Å². The summed E-state index contributed by atoms with van der Waals surface area (Å²) in [5, 5.41) is 0. The van der Waals surface area contributed by atoms with Crippen molar-refractivity contribution in [2.75, 3.05) is 37.7 Å². The third-order valence-electron chi connectivity index (χ3n) is 5.65. The van der Waals surface area contributed by atoms with Gasteiger partial charge in [-0.15, -0.1) is 11.3 Å². The van der Waals surface area contributed by atoms with E-state index < -0.39 is 16.0 Å². The van der Waals surface area contributed by atoms with Crippen LogP contribution >= 0.6 is 11.3 Å². The molecule has 1 aliphatic rings. The van der Waals surface area contributed by atoms with Crippen molar-refractivity contribution in [2.45, 2.75) is 45.4 Å². The second-order valence-electron chi connectivity index (χ2n) is 7.79. The maximum Gasteiger partial charge on any atom is 0.340 e. The van der Waals surface area contributed by atoms with E-state index >= 15 is 0 Å². The fraction of sp³-hybridized carbons (Fsp3) is 0.478. The zero-order chi connectivity index (χ0) is 23.5. The van der Waals surface area contributed by atoms with Crippen molar-refractivity contribution < 1.29 is 22.7 Å². The van der Waals surface area contributed by atoms with Crippen LogP contribution in [0.5, 0.6) is 0 Å². The maximum absolute atomic E-state index is 13.0. The molecule has 1 fully saturated rings. The van der Waals surface area contributed by atoms with E-state index in [0.29, 0.717) is 24.3 Å². The Labute approximate surface area is 194 Å². The number of ketones is 1. The minimum atomic E-state index is -3.73. The maximum atomic E-state index is 13.0. The number of hydrogen-bond acceptors (Lipinski definition) is 7. The summed E-state index contributed by atoms with van der Waals surface area (Å²) >= 11 is 1.52. The van der Waals surface area contributed by atoms with E-state index in [1.54, 1.807) is 32.0 Å². The van der Waals surface area contributed by atoms with Crippen molar-refractivity contribution in [3.05, 3.63) is 45.1 Å². The van der Waals surface area contributed by atoms with Crippen molar-refractivity contribution in [2.24, 2.45) is 0 Å². The lowest BCUT2D eigenvalue weighted by molar-refractivity contribution is 0.0475. The highest BCUT2D eigenvalue weighted by atomic mass is 32.2. The van der Waals surface area contributed by atoms with Crippen LogP contribution in [-0.4, -0.2) is 57.3 Å². The number of carbonyl (C=O) groups is 2. The molecule has 0 N–H and O–H groups in total. The number of anilines is 1. The third kappa shape index (κ3) is 5.05. The molecule has 0 amide bonds. The number of sulfonamides is 1. The Morgan fingerprint density at radius 2 is 1.72 bits per heavy atom. The molecule has 0 aliphatic carbocycles. The molecule has 3 rings (SSSR count). The van der Waals surface area contributed by atoms with Gasteiger partial charge in [0.2, 0.25) is 15.8 Å². The topological polar surface area (TPSA) is 84.0 Å². The molecular formula is C23H30N2O5S2. The van der Waals surface area contributed by atoms with E-state index in [-0.39, 0.29) is 22.8 Å². The van der Waals surface area contributed by atoms with Crippen LogP contribution in [-0.2, 0) is 14.8 Å². The number of aryl methyl sites for hydroxylation is 2. The van der Waals surface area contributed by atoms with Gasteiger partial charge in [-0.3, -0.25) is 4.79 Å². The van der Waals surface area contributed by atoms with Gasteiger partial charge in [0.05, 0.1) is 16.1 Å². The first-order chi connectivity index (χ1) is 15.2. The Hall–Kier alpha value is -2.23. The lowest BCUT2D eigenvalue weighted by Crippen LogP contribution is -2.31. The summed E-state index contributed by atoms with van der Waals surface area (Å²) < 4.78 is 32.7. The number of ether oxygens (including phenoxy) is 1. The van der Waals surface area contributed by atoms with Gasteiger partial charge in [-0.2, -0.15) is 4.31 Å². The summed E-state index contributed by atoms with van der Waals surface area (Å²) in [5.41, 5.74) is 1.37. The van der Waals surface area contributed by atoms with Crippen molar-refractivity contribution in [3.8, 4) is 0 Å². The van der Waals surface area contributed by atoms with Gasteiger partial charge in [-0.1, -0.05) is 13.8 Å². The van der Waals surface area contributed by atoms with Crippen molar-refractivity contribution >= 4 is 38.8 Å². The van der Waals surface area contributed by atoms with E-state index in [2.05, 4.69) is 4.90 Å². The molecule has 174 valence electrons. The third-order valence-corrected chi connectivity index (χ3v) is 8.67. The fourth-order valence-corrected chi connectivity index (χ4v) is 6.41. The van der Waals surface area contributed by atoms with Gasteiger partial charge in [0.15, 0.2) is 6.61 Å². The predicted octanol–water partition coefficient (Wildman–Crippen LogP) is 4.04. The first-order valence-electron chi connectivity index (χ1n) is 10.9. The average Bonchev–Trinajstić information content (AvgIpc) is 3.41. The Morgan fingerprint density at radius 1 is 1.06 bits per heavy atom. The van der Waals surface area contributed by atoms with Gasteiger partial charge in [0.25, 0.3) is 0 Å². The normalized spacial score (nSPS) is 14.2. The summed E-state index contributed by atoms with van der Waals surface area (Å²) in [5.74, 6) is -0.962. The predicted molar refractivity (Wildman–Crippen MR) is 126 cm³/mol. The molecular weight excluding hydrogens is 448 g/mol. The molecule has 0 atom stereocenters. The van der Waals surface area contributed by atoms with Gasteiger partial charge in [-0.25, -0.2) is 13.2 Å². The largest absolute Gasteiger partial charge is 0.454 e. The van der Waals surface area contributed by atoms with Gasteiger partial charge in [-0.05, 0) is 51.0 Å². The molecule has 9 heteroatoms. The number of rotatable bonds is 9. The molecule has 0 spiro atoms. The van der Waals surface area contributed by atoms with Crippen LogP contribution in [0.2, 0.25) is 0 Å². The van der Waals surface area contributed by atoms with Gasteiger partial charge >= 0.3 is 5.97 Å². The lowest BCUT2D eigenvalue weighted by Gasteiger charge is -2.23. The number of benzene rings is 1. The van der Waals surface area contributed by atoms with Crippen molar-refractivity contribution in [1.82, 2.24) is 4.31 Å². The highest BCUT2D eigenvalue weighted by Crippen LogP contribution is 2.29. The molecule has 2 aromatic rings. The van der Waals surface area contributed by atoms with Crippen LogP contribution in [0.4, 0.5) is 5.69 Å². The van der Waals surface area contributed by atoms with E-state index in [4.69, 9.17) is 4.74 Å². The second kappa shape index (κ2) is 10.1. The summed E-state index contributed by atoms with van der Waals surface area (Å²) in [6.07, 6.45) is 2.01. The van der Waals surface area contributed by atoms with Crippen LogP contribution in [0.1, 0.15) is 57.2 Å². The smallest absolute Gasteiger partial charge is 0.340 e. The molecule has 1 saturated heterocycles. The van der Waals surface area contributed by atoms with E-state index in [9.17, 15) is 18.0 Å². The van der Waals surface area contributed by atoms with E-state index in [0.717, 1.165) is 35.7 Å². The van der Waals surface area contributed by atoms with Crippen LogP contribution in [0.25, 0.3) is 0 Å². The monoisotopic (exact) mass is 478 g/mol. The average molecular weight is 479 g/mol. The highest BCUT2D eigenvalue weighted by Gasteiger charge is 2.27. The number of nitrogens with zero attached hydrogens (tertiary/aromatic N) is 2. The minimum absolute atomic E-state index is 0.0479. The summed E-state index contributed by atoms with van der Waals surface area (Å²) in [7, 11) is -3.73. The SMILES string of the molecule is CCN(CC)S(=O)(=O)c1ccc(N2CCCC2)c(C(=O)OCC(=O)c2cc(C)sc2C)c1. The van der Waals surface area contributed by atoms with Crippen molar-refractivity contribution in [1.29, 1.82) is 0 Å². The number of hydrogen-bond donors (Lipinski definition) is 0. The van der Waals surface area contributed by atoms with Crippen LogP contribution in [0, 0.1) is 13.8 Å². The first-order valence-corrected chi connectivity index (χ1v) is 13.1. The Balaban J connectivity index is 1.90. The zero-order valence-electron chi connectivity index (χ0n) is 19.0. The molecule has 0 saturated carbocycles. The highest BCUT2D eigenvalue weighted by molar-refractivity contribution is 7.89. The molecule has 0 bridgehead atoms. The Bertz CT molecular complexity index is 1100. The van der Waals surface area contributed by atoms with Crippen LogP contribution in [0.15, 0.2) is 29.2 Å². The lowest BCUT2D eigenvalue weighted by atomic mass is 10.1. The second-order valence-corrected chi connectivity index (χ2v) is 11.2. The first kappa shape index (κ1) is 24.4. The number of esters is 1.